The first kappa shape index (κ1) is 28.6. The van der Waals surface area contributed by atoms with Crippen LogP contribution < -0.4 is 9.80 Å². The lowest BCUT2D eigenvalue weighted by Gasteiger charge is -2.28. The van der Waals surface area contributed by atoms with E-state index in [4.69, 9.17) is 23.2 Å². The van der Waals surface area contributed by atoms with Gasteiger partial charge in [0.25, 0.3) is 11.4 Å². The number of anilines is 2. The van der Waals surface area contributed by atoms with Gasteiger partial charge in [0.1, 0.15) is 11.4 Å². The Hall–Kier alpha value is -3.88. The maximum Gasteiger partial charge on any atom is 0.294 e. The zero-order valence-electron chi connectivity index (χ0n) is 23.6. The first-order chi connectivity index (χ1) is 19.2. The van der Waals surface area contributed by atoms with Crippen molar-refractivity contribution in [3.8, 4) is 0 Å². The highest BCUT2D eigenvalue weighted by molar-refractivity contribution is 6.31. The number of nitro groups is 2. The van der Waals surface area contributed by atoms with Crippen molar-refractivity contribution >= 4 is 46.0 Å². The molecule has 2 heterocycles. The Morgan fingerprint density at radius 3 is 1.49 bits per heavy atom. The summed E-state index contributed by atoms with van der Waals surface area (Å²) in [5.74, 6) is -0.266. The highest BCUT2D eigenvalue weighted by Crippen LogP contribution is 2.54. The van der Waals surface area contributed by atoms with Crippen molar-refractivity contribution < 1.29 is 9.85 Å². The molecule has 0 bridgehead atoms. The van der Waals surface area contributed by atoms with Crippen molar-refractivity contribution in [2.75, 3.05) is 23.9 Å². The highest BCUT2D eigenvalue weighted by Gasteiger charge is 2.45. The molecule has 5 rings (SSSR count). The average Bonchev–Trinajstić information content (AvgIpc) is 3.21. The summed E-state index contributed by atoms with van der Waals surface area (Å²) < 4.78 is 0. The van der Waals surface area contributed by atoms with Crippen LogP contribution >= 0.6 is 23.2 Å². The number of fused-ring (bicyclic) bond motifs is 2. The van der Waals surface area contributed by atoms with E-state index in [0.29, 0.717) is 21.4 Å². The molecule has 0 aromatic heterocycles. The largest absolute Gasteiger partial charge is 0.342 e. The van der Waals surface area contributed by atoms with Crippen LogP contribution in [0, 0.1) is 20.2 Å². The van der Waals surface area contributed by atoms with Crippen LogP contribution in [0.25, 0.3) is 0 Å². The molecule has 0 saturated carbocycles. The SMILES string of the molecule is CN1/C(=C\C(/C=C2/N(C)c3c([N+](=O)[O-])cc(Cl)cc3C2(C)C)c2ccccc2)C(C)(C)c2cc(Cl)cc([N+](=O)[O-])c21. The molecule has 0 saturated heterocycles. The van der Waals surface area contributed by atoms with E-state index in [-0.39, 0.29) is 17.3 Å². The number of hydrogen-bond donors (Lipinski definition) is 0. The number of nitrogens with zero attached hydrogens (tertiary/aromatic N) is 4. The minimum absolute atomic E-state index is 0.0441. The Balaban J connectivity index is 1.71. The van der Waals surface area contributed by atoms with Gasteiger partial charge in [0.15, 0.2) is 0 Å². The van der Waals surface area contributed by atoms with E-state index in [1.165, 1.54) is 12.1 Å². The molecule has 212 valence electrons. The molecule has 3 aromatic rings. The van der Waals surface area contributed by atoms with E-state index in [9.17, 15) is 20.2 Å². The molecule has 8 nitrogen and oxygen atoms in total. The zero-order valence-corrected chi connectivity index (χ0v) is 25.1. The van der Waals surface area contributed by atoms with Gasteiger partial charge in [-0.05, 0) is 28.8 Å². The van der Waals surface area contributed by atoms with Crippen LogP contribution in [0.1, 0.15) is 50.3 Å². The monoisotopic (exact) mass is 592 g/mol. The minimum atomic E-state index is -0.586. The second-order valence-corrected chi connectivity index (χ2v) is 12.4. The molecule has 0 fully saturated rings. The van der Waals surface area contributed by atoms with Crippen LogP contribution in [0.3, 0.4) is 0 Å². The Kier molecular flexibility index (Phi) is 6.91. The molecule has 10 heteroatoms. The Bertz CT molecular complexity index is 1560. The summed E-state index contributed by atoms with van der Waals surface area (Å²) in [4.78, 5) is 26.9. The Morgan fingerprint density at radius 1 is 0.732 bits per heavy atom. The summed E-state index contributed by atoms with van der Waals surface area (Å²) in [7, 11) is 3.67. The van der Waals surface area contributed by atoms with Crippen molar-refractivity contribution in [1.82, 2.24) is 0 Å². The molecular weight excluding hydrogens is 563 g/mol. The van der Waals surface area contributed by atoms with Crippen LogP contribution in [0.5, 0.6) is 0 Å². The number of benzene rings is 3. The summed E-state index contributed by atoms with van der Waals surface area (Å²) in [6, 6.07) is 16.3. The third kappa shape index (κ3) is 4.55. The lowest BCUT2D eigenvalue weighted by molar-refractivity contribution is -0.384. The van der Waals surface area contributed by atoms with E-state index in [1.807, 2.05) is 81.9 Å². The molecule has 0 spiro atoms. The summed E-state index contributed by atoms with van der Waals surface area (Å²) in [5, 5.41) is 24.6. The van der Waals surface area contributed by atoms with Crippen molar-refractivity contribution in [2.45, 2.75) is 44.4 Å². The van der Waals surface area contributed by atoms with Gasteiger partial charge < -0.3 is 9.80 Å². The zero-order chi connectivity index (χ0) is 30.0. The van der Waals surface area contributed by atoms with E-state index in [0.717, 1.165) is 28.1 Å². The second kappa shape index (κ2) is 9.89. The summed E-state index contributed by atoms with van der Waals surface area (Å²) in [6.07, 6.45) is 4.24. The predicted octanol–water partition coefficient (Wildman–Crippen LogP) is 8.52. The molecule has 1 unspecified atom stereocenters. The molecule has 3 aromatic carbocycles. The summed E-state index contributed by atoms with van der Waals surface area (Å²) in [5.41, 5.74) is 4.11. The maximum atomic E-state index is 12.0. The Labute approximate surface area is 248 Å². The maximum absolute atomic E-state index is 12.0. The molecule has 2 aliphatic heterocycles. The van der Waals surface area contributed by atoms with Gasteiger partial charge in [-0.15, -0.1) is 0 Å². The van der Waals surface area contributed by atoms with Crippen LogP contribution in [-0.4, -0.2) is 23.9 Å². The van der Waals surface area contributed by atoms with Crippen molar-refractivity contribution in [3.63, 3.8) is 0 Å². The third-order valence-electron chi connectivity index (χ3n) is 8.38. The third-order valence-corrected chi connectivity index (χ3v) is 8.82. The fraction of sp³-hybridized carbons (Fsp3) is 0.290. The molecular formula is C31H30Cl2N4O4. The molecule has 1 atom stereocenters. The summed E-state index contributed by atoms with van der Waals surface area (Å²) >= 11 is 12.7. The van der Waals surface area contributed by atoms with Gasteiger partial charge >= 0.3 is 0 Å². The van der Waals surface area contributed by atoms with Gasteiger partial charge in [-0.3, -0.25) is 20.2 Å². The molecule has 0 amide bonds. The van der Waals surface area contributed by atoms with Crippen LogP contribution in [0.15, 0.2) is 78.1 Å². The second-order valence-electron chi connectivity index (χ2n) is 11.6. The molecule has 0 aliphatic carbocycles. The van der Waals surface area contributed by atoms with Gasteiger partial charge in [-0.1, -0.05) is 93.4 Å². The lowest BCUT2D eigenvalue weighted by atomic mass is 9.80. The van der Waals surface area contributed by atoms with Gasteiger partial charge in [-0.25, -0.2) is 0 Å². The topological polar surface area (TPSA) is 92.8 Å². The van der Waals surface area contributed by atoms with Gasteiger partial charge in [0.05, 0.1) is 9.85 Å². The number of nitro benzene ring substituents is 2. The van der Waals surface area contributed by atoms with Crippen LogP contribution in [0.4, 0.5) is 22.7 Å². The fourth-order valence-corrected chi connectivity index (χ4v) is 6.78. The number of likely N-dealkylation sites (N-methyl/N-ethyl adjacent to an activating group) is 2. The summed E-state index contributed by atoms with van der Waals surface area (Å²) in [6.45, 7) is 8.12. The van der Waals surface area contributed by atoms with Crippen molar-refractivity contribution in [1.29, 1.82) is 0 Å². The van der Waals surface area contributed by atoms with Gasteiger partial charge in [-0.2, -0.15) is 0 Å². The normalized spacial score (nSPS) is 19.4. The predicted molar refractivity (Wildman–Crippen MR) is 164 cm³/mol. The fourth-order valence-electron chi connectivity index (χ4n) is 6.36. The molecule has 0 radical (unpaired) electrons. The van der Waals surface area contributed by atoms with E-state index in [1.54, 1.807) is 12.1 Å². The van der Waals surface area contributed by atoms with Crippen LogP contribution in [-0.2, 0) is 10.8 Å². The number of hydrogen-bond acceptors (Lipinski definition) is 6. The number of rotatable bonds is 5. The molecule has 0 N–H and O–H groups in total. The Morgan fingerprint density at radius 2 is 1.12 bits per heavy atom. The average molecular weight is 594 g/mol. The van der Waals surface area contributed by atoms with Crippen molar-refractivity contribution in [2.24, 2.45) is 0 Å². The first-order valence-corrected chi connectivity index (χ1v) is 13.9. The smallest absolute Gasteiger partial charge is 0.294 e. The van der Waals surface area contributed by atoms with Crippen molar-refractivity contribution in [3.05, 3.63) is 125 Å². The van der Waals surface area contributed by atoms with E-state index >= 15 is 0 Å². The van der Waals surface area contributed by atoms with E-state index < -0.39 is 20.7 Å². The van der Waals surface area contributed by atoms with Crippen LogP contribution in [0.2, 0.25) is 10.0 Å². The number of allylic oxidation sites excluding steroid dienone is 4. The van der Waals surface area contributed by atoms with Gasteiger partial charge in [0, 0.05) is 64.4 Å². The minimum Gasteiger partial charge on any atom is -0.342 e. The standard InChI is InChI=1S/C31H30Cl2N4O4/c1-30(2)22-14-20(32)16-24(36(38)39)28(22)34(5)26(30)12-19(18-10-8-7-9-11-18)13-27-31(3,4)23-15-21(33)17-25(37(40)41)29(23)35(27)6/h7-17,19H,1-6H3/b26-12-,27-13+. The molecule has 41 heavy (non-hydrogen) atoms. The lowest BCUT2D eigenvalue weighted by Crippen LogP contribution is -2.25. The van der Waals surface area contributed by atoms with E-state index in [2.05, 4.69) is 12.2 Å². The highest BCUT2D eigenvalue weighted by atomic mass is 35.5. The quantitative estimate of drug-likeness (QED) is 0.218. The number of halogens is 2. The first-order valence-electron chi connectivity index (χ1n) is 13.1. The molecule has 2 aliphatic rings. The van der Waals surface area contributed by atoms with Gasteiger partial charge in [0.2, 0.25) is 0 Å².